The lowest BCUT2D eigenvalue weighted by Gasteiger charge is -1.91. The normalized spacial score (nSPS) is 8.69. The highest BCUT2D eigenvalue weighted by Crippen LogP contribution is 2.00. The lowest BCUT2D eigenvalue weighted by Crippen LogP contribution is -1.83. The minimum Gasteiger partial charge on any atom is -0.372 e. The molecule has 2 heteroatoms. The van der Waals surface area contributed by atoms with Crippen LogP contribution in [0.15, 0.2) is 24.3 Å². The van der Waals surface area contributed by atoms with Crippen molar-refractivity contribution in [3.05, 3.63) is 35.4 Å². The van der Waals surface area contributed by atoms with Gasteiger partial charge in [0.15, 0.2) is 0 Å². The second-order valence-electron chi connectivity index (χ2n) is 2.48. The number of hydrogen-bond acceptors (Lipinski definition) is 2. The summed E-state index contributed by atoms with van der Waals surface area (Å²) in [7, 11) is 1.59. The number of ether oxygens (including phenoxy) is 1. The van der Waals surface area contributed by atoms with Gasteiger partial charge in [-0.2, -0.15) is 0 Å². The fourth-order valence-corrected chi connectivity index (χ4v) is 0.900. The molecule has 2 nitrogen and oxygen atoms in total. The smallest absolute Gasteiger partial charge is 0.150 e. The van der Waals surface area contributed by atoms with Gasteiger partial charge in [-0.15, -0.1) is 0 Å². The highest BCUT2D eigenvalue weighted by atomic mass is 16.5. The van der Waals surface area contributed by atoms with Crippen LogP contribution in [0.4, 0.5) is 0 Å². The van der Waals surface area contributed by atoms with Gasteiger partial charge in [-0.25, -0.2) is 0 Å². The topological polar surface area (TPSA) is 26.3 Å². The molecule has 0 unspecified atom stereocenters. The summed E-state index contributed by atoms with van der Waals surface area (Å²) in [6.07, 6.45) is 0.807. The summed E-state index contributed by atoms with van der Waals surface area (Å²) in [6.45, 7) is 0.408. The first kappa shape index (κ1) is 9.50. The molecule has 0 aliphatic carbocycles. The molecule has 0 heterocycles. The molecule has 0 atom stereocenters. The fourth-order valence-electron chi connectivity index (χ4n) is 0.900. The molecular formula is C11H10O2. The Balaban J connectivity index is 2.79. The lowest BCUT2D eigenvalue weighted by molar-refractivity contribution is 0.112. The van der Waals surface area contributed by atoms with Crippen LogP contribution >= 0.6 is 0 Å². The van der Waals surface area contributed by atoms with Crippen LogP contribution in [0.1, 0.15) is 15.9 Å². The predicted molar refractivity (Wildman–Crippen MR) is 50.6 cm³/mol. The van der Waals surface area contributed by atoms with Crippen LogP contribution in [0, 0.1) is 11.8 Å². The molecule has 13 heavy (non-hydrogen) atoms. The van der Waals surface area contributed by atoms with Crippen LogP contribution in [0.5, 0.6) is 0 Å². The third-order valence-electron chi connectivity index (χ3n) is 1.47. The summed E-state index contributed by atoms with van der Waals surface area (Å²) in [5.41, 5.74) is 1.48. The molecule has 1 aromatic carbocycles. The number of hydrogen-bond donors (Lipinski definition) is 0. The van der Waals surface area contributed by atoms with E-state index in [0.29, 0.717) is 12.2 Å². The average molecular weight is 174 g/mol. The van der Waals surface area contributed by atoms with Gasteiger partial charge in [-0.05, 0) is 12.1 Å². The molecule has 0 N–H and O–H groups in total. The van der Waals surface area contributed by atoms with Gasteiger partial charge in [0.2, 0.25) is 0 Å². The first-order chi connectivity index (χ1) is 6.36. The molecular weight excluding hydrogens is 164 g/mol. The Bertz CT molecular complexity index is 345. The van der Waals surface area contributed by atoms with E-state index in [1.807, 2.05) is 6.07 Å². The maximum Gasteiger partial charge on any atom is 0.150 e. The van der Waals surface area contributed by atoms with Crippen molar-refractivity contribution in [2.24, 2.45) is 0 Å². The Kier molecular flexibility index (Phi) is 3.74. The molecule has 0 radical (unpaired) electrons. The summed E-state index contributed by atoms with van der Waals surface area (Å²) < 4.78 is 4.78. The van der Waals surface area contributed by atoms with E-state index in [9.17, 15) is 4.79 Å². The summed E-state index contributed by atoms with van der Waals surface area (Å²) in [4.78, 5) is 10.4. The molecule has 0 aliphatic heterocycles. The summed E-state index contributed by atoms with van der Waals surface area (Å²) in [5, 5.41) is 0. The summed E-state index contributed by atoms with van der Waals surface area (Å²) in [6, 6.07) is 7.15. The van der Waals surface area contributed by atoms with Gasteiger partial charge in [0.05, 0.1) is 0 Å². The molecule has 0 fully saturated rings. The first-order valence-corrected chi connectivity index (χ1v) is 3.90. The van der Waals surface area contributed by atoms with E-state index >= 15 is 0 Å². The maximum absolute atomic E-state index is 10.4. The standard InChI is InChI=1S/C11H10O2/c1-13-7-3-6-10-4-2-5-11(8-10)9-12/h2,4-5,8-9H,7H2,1H3. The van der Waals surface area contributed by atoms with Crippen LogP contribution < -0.4 is 0 Å². The monoisotopic (exact) mass is 174 g/mol. The predicted octanol–water partition coefficient (Wildman–Crippen LogP) is 1.50. The summed E-state index contributed by atoms with van der Waals surface area (Å²) in [5.74, 6) is 5.70. The van der Waals surface area contributed by atoms with Gasteiger partial charge < -0.3 is 4.74 Å². The van der Waals surface area contributed by atoms with Crippen molar-refractivity contribution < 1.29 is 9.53 Å². The van der Waals surface area contributed by atoms with Crippen molar-refractivity contribution in [3.8, 4) is 11.8 Å². The molecule has 1 aromatic rings. The van der Waals surface area contributed by atoms with Gasteiger partial charge >= 0.3 is 0 Å². The van der Waals surface area contributed by atoms with Crippen molar-refractivity contribution in [1.29, 1.82) is 0 Å². The van der Waals surface area contributed by atoms with Gasteiger partial charge in [0, 0.05) is 18.2 Å². The first-order valence-electron chi connectivity index (χ1n) is 3.90. The Labute approximate surface area is 77.5 Å². The molecule has 1 rings (SSSR count). The van der Waals surface area contributed by atoms with E-state index in [-0.39, 0.29) is 0 Å². The van der Waals surface area contributed by atoms with Gasteiger partial charge in [0.25, 0.3) is 0 Å². The number of carbonyl (C=O) groups is 1. The van der Waals surface area contributed by atoms with Crippen molar-refractivity contribution in [3.63, 3.8) is 0 Å². The molecule has 0 saturated carbocycles. The van der Waals surface area contributed by atoms with E-state index in [0.717, 1.165) is 11.8 Å². The summed E-state index contributed by atoms with van der Waals surface area (Å²) >= 11 is 0. The van der Waals surface area contributed by atoms with E-state index in [4.69, 9.17) is 4.74 Å². The SMILES string of the molecule is COCC#Cc1cccc(C=O)c1. The maximum atomic E-state index is 10.4. The van der Waals surface area contributed by atoms with Crippen molar-refractivity contribution in [1.82, 2.24) is 0 Å². The Morgan fingerprint density at radius 1 is 1.54 bits per heavy atom. The molecule has 0 saturated heterocycles. The average Bonchev–Trinajstić information content (AvgIpc) is 2.19. The van der Waals surface area contributed by atoms with Crippen molar-refractivity contribution in [2.75, 3.05) is 13.7 Å². The lowest BCUT2D eigenvalue weighted by atomic mass is 10.1. The number of carbonyl (C=O) groups excluding carboxylic acids is 1. The zero-order chi connectivity index (χ0) is 9.52. The van der Waals surface area contributed by atoms with Gasteiger partial charge in [-0.3, -0.25) is 4.79 Å². The highest BCUT2D eigenvalue weighted by Gasteiger charge is 1.89. The van der Waals surface area contributed by atoms with Crippen LogP contribution in [-0.2, 0) is 4.74 Å². The fraction of sp³-hybridized carbons (Fsp3) is 0.182. The van der Waals surface area contributed by atoms with E-state index in [1.54, 1.807) is 25.3 Å². The molecule has 0 aromatic heterocycles. The molecule has 0 spiro atoms. The van der Waals surface area contributed by atoms with Crippen LogP contribution in [0.3, 0.4) is 0 Å². The van der Waals surface area contributed by atoms with Crippen LogP contribution in [0.2, 0.25) is 0 Å². The van der Waals surface area contributed by atoms with E-state index in [2.05, 4.69) is 11.8 Å². The Hall–Kier alpha value is -1.59. The molecule has 0 amide bonds. The number of methoxy groups -OCH3 is 1. The highest BCUT2D eigenvalue weighted by molar-refractivity contribution is 5.75. The van der Waals surface area contributed by atoms with E-state index < -0.39 is 0 Å². The second kappa shape index (κ2) is 5.13. The van der Waals surface area contributed by atoms with Crippen molar-refractivity contribution in [2.45, 2.75) is 0 Å². The van der Waals surface area contributed by atoms with Gasteiger partial charge in [0.1, 0.15) is 12.9 Å². The second-order valence-corrected chi connectivity index (χ2v) is 2.48. The zero-order valence-electron chi connectivity index (χ0n) is 7.41. The number of aldehydes is 1. The van der Waals surface area contributed by atoms with Crippen molar-refractivity contribution >= 4 is 6.29 Å². The van der Waals surface area contributed by atoms with Gasteiger partial charge in [-0.1, -0.05) is 24.0 Å². The molecule has 66 valence electrons. The van der Waals surface area contributed by atoms with Crippen LogP contribution in [-0.4, -0.2) is 20.0 Å². The zero-order valence-corrected chi connectivity index (χ0v) is 7.41. The number of rotatable bonds is 2. The number of benzene rings is 1. The van der Waals surface area contributed by atoms with E-state index in [1.165, 1.54) is 0 Å². The third-order valence-corrected chi connectivity index (χ3v) is 1.47. The largest absolute Gasteiger partial charge is 0.372 e. The quantitative estimate of drug-likeness (QED) is 0.501. The minimum absolute atomic E-state index is 0.408. The minimum atomic E-state index is 0.408. The van der Waals surface area contributed by atoms with Crippen LogP contribution in [0.25, 0.3) is 0 Å². The molecule has 0 aliphatic rings. The molecule has 0 bridgehead atoms. The Morgan fingerprint density at radius 3 is 3.08 bits per heavy atom. The third kappa shape index (κ3) is 3.10. The Morgan fingerprint density at radius 2 is 2.38 bits per heavy atom.